The van der Waals surface area contributed by atoms with Crippen LogP contribution >= 0.6 is 12.2 Å². The summed E-state index contributed by atoms with van der Waals surface area (Å²) in [5.41, 5.74) is 3.76. The molecule has 0 bridgehead atoms. The van der Waals surface area contributed by atoms with E-state index in [1.165, 1.54) is 24.3 Å². The third-order valence-electron chi connectivity index (χ3n) is 3.80. The number of hydrogen-bond donors (Lipinski definition) is 3. The van der Waals surface area contributed by atoms with Crippen molar-refractivity contribution >= 4 is 28.7 Å². The Hall–Kier alpha value is -2.51. The fourth-order valence-electron chi connectivity index (χ4n) is 2.18. The van der Waals surface area contributed by atoms with Crippen molar-refractivity contribution in [3.8, 4) is 0 Å². The first-order valence-corrected chi connectivity index (χ1v) is 7.83. The van der Waals surface area contributed by atoms with Crippen LogP contribution in [-0.2, 0) is 0 Å². The molecule has 2 rings (SSSR count). The van der Waals surface area contributed by atoms with Crippen molar-refractivity contribution in [1.29, 1.82) is 0 Å². The van der Waals surface area contributed by atoms with E-state index in [1.54, 1.807) is 0 Å². The van der Waals surface area contributed by atoms with Crippen LogP contribution in [0.3, 0.4) is 0 Å². The van der Waals surface area contributed by atoms with Crippen LogP contribution in [0.25, 0.3) is 0 Å². The maximum Gasteiger partial charge on any atom is 0.269 e. The van der Waals surface area contributed by atoms with Gasteiger partial charge in [-0.3, -0.25) is 10.1 Å². The van der Waals surface area contributed by atoms with Crippen molar-refractivity contribution in [2.45, 2.75) is 20.0 Å². The first-order chi connectivity index (χ1) is 11.4. The summed E-state index contributed by atoms with van der Waals surface area (Å²) >= 11 is 5.24. The lowest BCUT2D eigenvalue weighted by Gasteiger charge is -2.16. The SMILES string of the molecule is Cc1cccc(NC(=S)NCC(O)c2ccc([N+](=O)[O-])cc2)c1C. The largest absolute Gasteiger partial charge is 0.387 e. The molecule has 7 heteroatoms. The summed E-state index contributed by atoms with van der Waals surface area (Å²) in [5.74, 6) is 0. The number of aryl methyl sites for hydroxylation is 1. The number of anilines is 1. The molecule has 0 aliphatic rings. The highest BCUT2D eigenvalue weighted by molar-refractivity contribution is 7.80. The lowest BCUT2D eigenvalue weighted by atomic mass is 10.1. The third kappa shape index (κ3) is 4.50. The number of benzene rings is 2. The van der Waals surface area contributed by atoms with Crippen LogP contribution < -0.4 is 10.6 Å². The van der Waals surface area contributed by atoms with Crippen LogP contribution in [0.5, 0.6) is 0 Å². The number of nitrogens with one attached hydrogen (secondary N) is 2. The molecule has 0 aliphatic heterocycles. The summed E-state index contributed by atoms with van der Waals surface area (Å²) in [5, 5.41) is 27.2. The highest BCUT2D eigenvalue weighted by atomic mass is 32.1. The second kappa shape index (κ2) is 7.85. The van der Waals surface area contributed by atoms with Crippen molar-refractivity contribution in [3.63, 3.8) is 0 Å². The predicted molar refractivity (Wildman–Crippen MR) is 98.2 cm³/mol. The molecular weight excluding hydrogens is 326 g/mol. The van der Waals surface area contributed by atoms with Gasteiger partial charge in [0.2, 0.25) is 0 Å². The van der Waals surface area contributed by atoms with Gasteiger partial charge in [-0.25, -0.2) is 0 Å². The third-order valence-corrected chi connectivity index (χ3v) is 4.04. The van der Waals surface area contributed by atoms with Gasteiger partial charge < -0.3 is 15.7 Å². The van der Waals surface area contributed by atoms with E-state index in [0.29, 0.717) is 10.7 Å². The minimum Gasteiger partial charge on any atom is -0.387 e. The zero-order valence-electron chi connectivity index (χ0n) is 13.4. The molecule has 0 radical (unpaired) electrons. The molecule has 0 saturated carbocycles. The Labute approximate surface area is 145 Å². The molecule has 1 unspecified atom stereocenters. The van der Waals surface area contributed by atoms with Gasteiger partial charge in [0.15, 0.2) is 5.11 Å². The van der Waals surface area contributed by atoms with Crippen LogP contribution in [0, 0.1) is 24.0 Å². The standard InChI is InChI=1S/C17H19N3O3S/c1-11-4-3-5-15(12(11)2)19-17(24)18-10-16(21)13-6-8-14(9-7-13)20(22)23/h3-9,16,21H,10H2,1-2H3,(H2,18,19,24). The van der Waals surface area contributed by atoms with Gasteiger partial charge in [0.05, 0.1) is 11.0 Å². The number of nitrogens with zero attached hydrogens (tertiary/aromatic N) is 1. The van der Waals surface area contributed by atoms with Crippen LogP contribution in [0.1, 0.15) is 22.8 Å². The Kier molecular flexibility index (Phi) is 5.83. The van der Waals surface area contributed by atoms with Crippen molar-refractivity contribution in [1.82, 2.24) is 5.32 Å². The van der Waals surface area contributed by atoms with Crippen LogP contribution in [0.2, 0.25) is 0 Å². The Morgan fingerprint density at radius 1 is 1.25 bits per heavy atom. The fraction of sp³-hybridized carbons (Fsp3) is 0.235. The Bertz CT molecular complexity index is 747. The topological polar surface area (TPSA) is 87.4 Å². The quantitative estimate of drug-likeness (QED) is 0.438. The summed E-state index contributed by atoms with van der Waals surface area (Å²) in [4.78, 5) is 10.2. The maximum absolute atomic E-state index is 10.6. The molecule has 0 aliphatic carbocycles. The molecule has 0 heterocycles. The van der Waals surface area contributed by atoms with Gasteiger partial charge in [-0.2, -0.15) is 0 Å². The first-order valence-electron chi connectivity index (χ1n) is 7.42. The average Bonchev–Trinajstić information content (AvgIpc) is 2.57. The molecule has 0 spiro atoms. The summed E-state index contributed by atoms with van der Waals surface area (Å²) in [6.45, 7) is 4.23. The molecule has 6 nitrogen and oxygen atoms in total. The van der Waals surface area contributed by atoms with Crippen molar-refractivity contribution in [2.24, 2.45) is 0 Å². The molecule has 2 aromatic carbocycles. The number of rotatable bonds is 5. The number of non-ortho nitro benzene ring substituents is 1. The van der Waals surface area contributed by atoms with Crippen molar-refractivity contribution in [3.05, 3.63) is 69.3 Å². The maximum atomic E-state index is 10.6. The Morgan fingerprint density at radius 3 is 2.54 bits per heavy atom. The zero-order chi connectivity index (χ0) is 17.7. The van der Waals surface area contributed by atoms with Gasteiger partial charge in [-0.1, -0.05) is 12.1 Å². The number of nitro benzene ring substituents is 1. The number of nitro groups is 1. The Morgan fingerprint density at radius 2 is 1.92 bits per heavy atom. The molecule has 3 N–H and O–H groups in total. The molecule has 126 valence electrons. The molecule has 0 saturated heterocycles. The second-order valence-electron chi connectivity index (χ2n) is 5.45. The average molecular weight is 345 g/mol. The lowest BCUT2D eigenvalue weighted by molar-refractivity contribution is -0.384. The van der Waals surface area contributed by atoms with E-state index >= 15 is 0 Å². The van der Waals surface area contributed by atoms with E-state index in [0.717, 1.165) is 16.8 Å². The summed E-state index contributed by atoms with van der Waals surface area (Å²) in [6.07, 6.45) is -0.816. The normalized spacial score (nSPS) is 11.6. The highest BCUT2D eigenvalue weighted by Crippen LogP contribution is 2.19. The van der Waals surface area contributed by atoms with Crippen LogP contribution in [0.4, 0.5) is 11.4 Å². The van der Waals surface area contributed by atoms with E-state index in [4.69, 9.17) is 12.2 Å². The fourth-order valence-corrected chi connectivity index (χ4v) is 2.37. The number of aliphatic hydroxyl groups is 1. The van der Waals surface area contributed by atoms with E-state index in [1.807, 2.05) is 32.0 Å². The summed E-state index contributed by atoms with van der Waals surface area (Å²) in [6, 6.07) is 11.7. The molecule has 2 aromatic rings. The smallest absolute Gasteiger partial charge is 0.269 e. The van der Waals surface area contributed by atoms with Gasteiger partial charge in [-0.05, 0) is 61.0 Å². The van der Waals surface area contributed by atoms with Gasteiger partial charge in [-0.15, -0.1) is 0 Å². The molecular formula is C17H19N3O3S. The minimum absolute atomic E-state index is 0.00832. The zero-order valence-corrected chi connectivity index (χ0v) is 14.3. The molecule has 0 aromatic heterocycles. The summed E-state index contributed by atoms with van der Waals surface area (Å²) < 4.78 is 0. The number of thiocarbonyl (C=S) groups is 1. The van der Waals surface area contributed by atoms with E-state index in [9.17, 15) is 15.2 Å². The molecule has 0 fully saturated rings. The highest BCUT2D eigenvalue weighted by Gasteiger charge is 2.11. The Balaban J connectivity index is 1.91. The van der Waals surface area contributed by atoms with Gasteiger partial charge >= 0.3 is 0 Å². The molecule has 1 atom stereocenters. The number of aliphatic hydroxyl groups excluding tert-OH is 1. The van der Waals surface area contributed by atoms with Crippen LogP contribution in [0.15, 0.2) is 42.5 Å². The van der Waals surface area contributed by atoms with Crippen molar-refractivity contribution in [2.75, 3.05) is 11.9 Å². The second-order valence-corrected chi connectivity index (χ2v) is 5.86. The lowest BCUT2D eigenvalue weighted by Crippen LogP contribution is -2.32. The predicted octanol–water partition coefficient (Wildman–Crippen LogP) is 3.23. The first kappa shape index (κ1) is 17.8. The number of hydrogen-bond acceptors (Lipinski definition) is 4. The van der Waals surface area contributed by atoms with Crippen LogP contribution in [-0.4, -0.2) is 21.7 Å². The van der Waals surface area contributed by atoms with E-state index in [2.05, 4.69) is 10.6 Å². The minimum atomic E-state index is -0.816. The van der Waals surface area contributed by atoms with Gasteiger partial charge in [0, 0.05) is 24.4 Å². The van der Waals surface area contributed by atoms with E-state index < -0.39 is 11.0 Å². The van der Waals surface area contributed by atoms with Gasteiger partial charge in [0.25, 0.3) is 5.69 Å². The van der Waals surface area contributed by atoms with Gasteiger partial charge in [0.1, 0.15) is 0 Å². The summed E-state index contributed by atoms with van der Waals surface area (Å²) in [7, 11) is 0. The molecule has 0 amide bonds. The molecule has 24 heavy (non-hydrogen) atoms. The monoisotopic (exact) mass is 345 g/mol. The van der Waals surface area contributed by atoms with E-state index in [-0.39, 0.29) is 12.2 Å². The van der Waals surface area contributed by atoms with Crippen molar-refractivity contribution < 1.29 is 10.0 Å².